The highest BCUT2D eigenvalue weighted by Gasteiger charge is 2.17. The Morgan fingerprint density at radius 3 is 2.61 bits per heavy atom. The van der Waals surface area contributed by atoms with Crippen molar-refractivity contribution >= 4 is 23.8 Å². The third-order valence-electron chi connectivity index (χ3n) is 1.98. The fourth-order valence-electron chi connectivity index (χ4n) is 1.20. The van der Waals surface area contributed by atoms with Crippen molar-refractivity contribution < 1.29 is 23.9 Å². The second kappa shape index (κ2) is 6.28. The number of hydrogen-bond donors (Lipinski definition) is 3. The van der Waals surface area contributed by atoms with Crippen LogP contribution in [0.1, 0.15) is 19.3 Å². The normalized spacial score (nSPS) is 9.78. The molecule has 0 aliphatic heterocycles. The van der Waals surface area contributed by atoms with E-state index in [0.29, 0.717) is 0 Å². The molecule has 0 atom stereocenters. The van der Waals surface area contributed by atoms with Gasteiger partial charge in [0, 0.05) is 18.9 Å². The number of furan rings is 1. The van der Waals surface area contributed by atoms with Crippen LogP contribution in [0.3, 0.4) is 0 Å². The first-order valence-corrected chi connectivity index (χ1v) is 5.15. The van der Waals surface area contributed by atoms with Crippen molar-refractivity contribution in [3.05, 3.63) is 18.4 Å². The molecule has 98 valence electrons. The van der Waals surface area contributed by atoms with Crippen molar-refractivity contribution in [2.75, 3.05) is 5.01 Å². The minimum atomic E-state index is -0.986. The molecule has 8 heteroatoms. The maximum atomic E-state index is 11.4. The quantitative estimate of drug-likeness (QED) is 0.658. The summed E-state index contributed by atoms with van der Waals surface area (Å²) >= 11 is 0. The van der Waals surface area contributed by atoms with Gasteiger partial charge in [0.15, 0.2) is 0 Å². The Balaban J connectivity index is 2.49. The average molecular weight is 255 g/mol. The number of carboxylic acid groups (broad SMARTS) is 1. The molecule has 1 rings (SSSR count). The van der Waals surface area contributed by atoms with Gasteiger partial charge >= 0.3 is 12.0 Å². The number of nitrogens with two attached hydrogens (primary N) is 1. The number of amides is 3. The molecule has 0 aromatic carbocycles. The second-order valence-corrected chi connectivity index (χ2v) is 3.41. The van der Waals surface area contributed by atoms with Crippen LogP contribution in [-0.2, 0) is 9.59 Å². The van der Waals surface area contributed by atoms with Gasteiger partial charge in [-0.15, -0.1) is 0 Å². The predicted octanol–water partition coefficient (Wildman–Crippen LogP) is 0.451. The smallest absolute Gasteiger partial charge is 0.340 e. The number of carbonyl (C=O) groups excluding carboxylic acids is 2. The molecule has 0 spiro atoms. The van der Waals surface area contributed by atoms with Crippen LogP contribution < -0.4 is 16.2 Å². The summed E-state index contributed by atoms with van der Waals surface area (Å²) in [6.07, 6.45) is 1.34. The van der Waals surface area contributed by atoms with Gasteiger partial charge < -0.3 is 15.3 Å². The van der Waals surface area contributed by atoms with Gasteiger partial charge in [0.2, 0.25) is 11.8 Å². The zero-order valence-corrected chi connectivity index (χ0v) is 9.46. The van der Waals surface area contributed by atoms with Gasteiger partial charge in [0.1, 0.15) is 0 Å². The SMILES string of the molecule is NC(=O)N(NC(=O)CCCC(=O)O)c1ccco1. The monoisotopic (exact) mass is 255 g/mol. The number of urea groups is 1. The van der Waals surface area contributed by atoms with E-state index in [9.17, 15) is 14.4 Å². The van der Waals surface area contributed by atoms with E-state index in [2.05, 4.69) is 5.43 Å². The minimum Gasteiger partial charge on any atom is -0.481 e. The fraction of sp³-hybridized carbons (Fsp3) is 0.300. The molecular weight excluding hydrogens is 242 g/mol. The topological polar surface area (TPSA) is 126 Å². The Hall–Kier alpha value is -2.51. The Kier molecular flexibility index (Phi) is 4.73. The number of hydrogen-bond acceptors (Lipinski definition) is 4. The van der Waals surface area contributed by atoms with E-state index in [4.69, 9.17) is 15.3 Å². The van der Waals surface area contributed by atoms with E-state index in [1.54, 1.807) is 0 Å². The van der Waals surface area contributed by atoms with Crippen LogP contribution in [-0.4, -0.2) is 23.0 Å². The van der Waals surface area contributed by atoms with Gasteiger partial charge in [0.25, 0.3) is 0 Å². The number of anilines is 1. The molecule has 0 bridgehead atoms. The van der Waals surface area contributed by atoms with Crippen molar-refractivity contribution in [2.24, 2.45) is 5.73 Å². The lowest BCUT2D eigenvalue weighted by Crippen LogP contribution is -2.49. The molecule has 1 aromatic rings. The molecular formula is C10H13N3O5. The molecule has 8 nitrogen and oxygen atoms in total. The Morgan fingerprint density at radius 1 is 1.39 bits per heavy atom. The van der Waals surface area contributed by atoms with E-state index in [0.717, 1.165) is 5.01 Å². The lowest BCUT2D eigenvalue weighted by Gasteiger charge is -2.17. The van der Waals surface area contributed by atoms with Gasteiger partial charge in [-0.05, 0) is 12.5 Å². The van der Waals surface area contributed by atoms with Gasteiger partial charge in [0.05, 0.1) is 6.26 Å². The molecule has 4 N–H and O–H groups in total. The first-order chi connectivity index (χ1) is 8.50. The summed E-state index contributed by atoms with van der Waals surface area (Å²) in [7, 11) is 0. The summed E-state index contributed by atoms with van der Waals surface area (Å²) in [5.74, 6) is -1.43. The van der Waals surface area contributed by atoms with Crippen molar-refractivity contribution in [3.8, 4) is 0 Å². The molecule has 18 heavy (non-hydrogen) atoms. The maximum Gasteiger partial charge on any atom is 0.340 e. The molecule has 0 radical (unpaired) electrons. The van der Waals surface area contributed by atoms with Crippen molar-refractivity contribution in [1.82, 2.24) is 5.43 Å². The van der Waals surface area contributed by atoms with E-state index >= 15 is 0 Å². The lowest BCUT2D eigenvalue weighted by atomic mass is 10.2. The number of carbonyl (C=O) groups is 3. The molecule has 0 saturated carbocycles. The van der Waals surface area contributed by atoms with Crippen molar-refractivity contribution in [3.63, 3.8) is 0 Å². The molecule has 0 aliphatic rings. The fourth-order valence-corrected chi connectivity index (χ4v) is 1.20. The maximum absolute atomic E-state index is 11.4. The predicted molar refractivity (Wildman–Crippen MR) is 60.4 cm³/mol. The van der Waals surface area contributed by atoms with Crippen LogP contribution in [0.4, 0.5) is 10.7 Å². The number of hydrazine groups is 1. The summed E-state index contributed by atoms with van der Waals surface area (Å²) in [6.45, 7) is 0. The Labute approximate surface area is 102 Å². The average Bonchev–Trinajstić information content (AvgIpc) is 2.78. The zero-order chi connectivity index (χ0) is 13.5. The molecule has 0 unspecified atom stereocenters. The van der Waals surface area contributed by atoms with Crippen LogP contribution in [0.15, 0.2) is 22.8 Å². The first-order valence-electron chi connectivity index (χ1n) is 5.15. The number of primary amides is 1. The van der Waals surface area contributed by atoms with Gasteiger partial charge in [-0.2, -0.15) is 5.01 Å². The lowest BCUT2D eigenvalue weighted by molar-refractivity contribution is -0.137. The highest BCUT2D eigenvalue weighted by atomic mass is 16.4. The summed E-state index contributed by atoms with van der Waals surface area (Å²) < 4.78 is 4.92. The van der Waals surface area contributed by atoms with Crippen LogP contribution in [0, 0.1) is 0 Å². The molecule has 0 aliphatic carbocycles. The summed E-state index contributed by atoms with van der Waals surface area (Å²) in [4.78, 5) is 32.8. The number of nitrogens with zero attached hydrogens (tertiary/aromatic N) is 1. The second-order valence-electron chi connectivity index (χ2n) is 3.41. The van der Waals surface area contributed by atoms with E-state index in [-0.39, 0.29) is 25.1 Å². The molecule has 0 saturated heterocycles. The van der Waals surface area contributed by atoms with Gasteiger partial charge in [-0.1, -0.05) is 0 Å². The number of nitrogens with one attached hydrogen (secondary N) is 1. The van der Waals surface area contributed by atoms with E-state index in [1.165, 1.54) is 18.4 Å². The summed E-state index contributed by atoms with van der Waals surface area (Å²) in [5, 5.41) is 9.17. The van der Waals surface area contributed by atoms with Crippen molar-refractivity contribution in [2.45, 2.75) is 19.3 Å². The van der Waals surface area contributed by atoms with Crippen LogP contribution in [0.25, 0.3) is 0 Å². The largest absolute Gasteiger partial charge is 0.481 e. The number of carboxylic acids is 1. The third-order valence-corrected chi connectivity index (χ3v) is 1.98. The van der Waals surface area contributed by atoms with Crippen molar-refractivity contribution in [1.29, 1.82) is 0 Å². The summed E-state index contributed by atoms with van der Waals surface area (Å²) in [6, 6.07) is 2.07. The highest BCUT2D eigenvalue weighted by Crippen LogP contribution is 2.12. The molecule has 1 aromatic heterocycles. The number of aliphatic carboxylic acids is 1. The first kappa shape index (κ1) is 13.6. The highest BCUT2D eigenvalue weighted by molar-refractivity contribution is 5.93. The van der Waals surface area contributed by atoms with Gasteiger partial charge in [-0.3, -0.25) is 15.0 Å². The minimum absolute atomic E-state index is 0.0310. The summed E-state index contributed by atoms with van der Waals surface area (Å²) in [5.41, 5.74) is 7.30. The van der Waals surface area contributed by atoms with Crippen LogP contribution >= 0.6 is 0 Å². The number of rotatable bonds is 5. The van der Waals surface area contributed by atoms with E-state index in [1.807, 2.05) is 0 Å². The molecule has 0 fully saturated rings. The Bertz CT molecular complexity index is 429. The standard InChI is InChI=1S/C10H13N3O5/c11-10(17)13(8-4-2-6-18-8)12-7(14)3-1-5-9(15)16/h2,4,6H,1,3,5H2,(H2,11,17)(H,12,14)(H,15,16). The van der Waals surface area contributed by atoms with Gasteiger partial charge in [-0.25, -0.2) is 4.79 Å². The van der Waals surface area contributed by atoms with E-state index < -0.39 is 17.9 Å². The zero-order valence-electron chi connectivity index (χ0n) is 9.46. The van der Waals surface area contributed by atoms with Crippen LogP contribution in [0.2, 0.25) is 0 Å². The molecule has 1 heterocycles. The van der Waals surface area contributed by atoms with Crippen LogP contribution in [0.5, 0.6) is 0 Å². The Morgan fingerprint density at radius 2 is 2.11 bits per heavy atom. The third kappa shape index (κ3) is 4.16. The molecule has 3 amide bonds.